The summed E-state index contributed by atoms with van der Waals surface area (Å²) in [5.41, 5.74) is 0. The normalized spacial score (nSPS) is 16.4. The monoisotopic (exact) mass is 255 g/mol. The van der Waals surface area contributed by atoms with Crippen molar-refractivity contribution in [1.82, 2.24) is 15.5 Å². The Kier molecular flexibility index (Phi) is 6.12. The van der Waals surface area contributed by atoms with Crippen molar-refractivity contribution in [2.75, 3.05) is 19.6 Å². The molecule has 0 saturated heterocycles. The van der Waals surface area contributed by atoms with Gasteiger partial charge in [-0.25, -0.2) is 4.79 Å². The molecule has 0 spiro atoms. The molecule has 5 nitrogen and oxygen atoms in total. The molecular weight excluding hydrogens is 230 g/mol. The van der Waals surface area contributed by atoms with Crippen LogP contribution in [0.3, 0.4) is 0 Å². The zero-order chi connectivity index (χ0) is 13.5. The van der Waals surface area contributed by atoms with Gasteiger partial charge in [0.1, 0.15) is 0 Å². The first-order chi connectivity index (χ1) is 8.58. The Morgan fingerprint density at radius 1 is 1.33 bits per heavy atom. The predicted octanol–water partition coefficient (Wildman–Crippen LogP) is 1.34. The van der Waals surface area contributed by atoms with Crippen molar-refractivity contribution in [1.29, 1.82) is 0 Å². The summed E-state index contributed by atoms with van der Waals surface area (Å²) < 4.78 is 0. The van der Waals surface area contributed by atoms with Gasteiger partial charge in [-0.1, -0.05) is 6.92 Å². The molecule has 2 N–H and O–H groups in total. The first-order valence-electron chi connectivity index (χ1n) is 6.91. The molecule has 104 valence electrons. The third-order valence-electron chi connectivity index (χ3n) is 3.20. The molecule has 1 rings (SSSR count). The molecule has 0 bridgehead atoms. The molecule has 5 heteroatoms. The van der Waals surface area contributed by atoms with Gasteiger partial charge in [-0.2, -0.15) is 0 Å². The minimum absolute atomic E-state index is 0.213. The molecule has 0 heterocycles. The Labute approximate surface area is 109 Å². The average Bonchev–Trinajstić information content (AvgIpc) is 3.11. The van der Waals surface area contributed by atoms with Crippen LogP contribution in [-0.2, 0) is 4.79 Å². The van der Waals surface area contributed by atoms with Crippen LogP contribution in [-0.4, -0.2) is 42.5 Å². The van der Waals surface area contributed by atoms with Crippen LogP contribution in [0.5, 0.6) is 0 Å². The summed E-state index contributed by atoms with van der Waals surface area (Å²) in [7, 11) is 0. The van der Waals surface area contributed by atoms with Crippen LogP contribution in [0.15, 0.2) is 0 Å². The standard InChI is InChI=1S/C13H25N3O2/c1-4-8-16(9-11-6-7-11)10(3)12(17)15-13(18)14-5-2/h10-11H,4-9H2,1-3H3,(H2,14,15,17,18)/t10-/m0/s1. The Balaban J connectivity index is 2.43. The van der Waals surface area contributed by atoms with Gasteiger partial charge in [-0.15, -0.1) is 0 Å². The smallest absolute Gasteiger partial charge is 0.321 e. The molecule has 0 unspecified atom stereocenters. The molecule has 0 radical (unpaired) electrons. The zero-order valence-corrected chi connectivity index (χ0v) is 11.7. The number of carbonyl (C=O) groups is 2. The van der Waals surface area contributed by atoms with Crippen LogP contribution in [0.25, 0.3) is 0 Å². The molecule has 0 aliphatic heterocycles. The zero-order valence-electron chi connectivity index (χ0n) is 11.7. The average molecular weight is 255 g/mol. The van der Waals surface area contributed by atoms with Crippen molar-refractivity contribution >= 4 is 11.9 Å². The van der Waals surface area contributed by atoms with Crippen molar-refractivity contribution < 1.29 is 9.59 Å². The molecule has 1 atom stereocenters. The van der Waals surface area contributed by atoms with E-state index in [2.05, 4.69) is 22.5 Å². The fraction of sp³-hybridized carbons (Fsp3) is 0.846. The van der Waals surface area contributed by atoms with Crippen molar-refractivity contribution in [3.8, 4) is 0 Å². The largest absolute Gasteiger partial charge is 0.338 e. The number of urea groups is 1. The highest BCUT2D eigenvalue weighted by Gasteiger charge is 2.29. The summed E-state index contributed by atoms with van der Waals surface area (Å²) in [6.07, 6.45) is 3.56. The second-order valence-corrected chi connectivity index (χ2v) is 4.96. The van der Waals surface area contributed by atoms with E-state index in [4.69, 9.17) is 0 Å². The van der Waals surface area contributed by atoms with E-state index in [-0.39, 0.29) is 11.9 Å². The van der Waals surface area contributed by atoms with E-state index in [1.807, 2.05) is 13.8 Å². The van der Waals surface area contributed by atoms with Gasteiger partial charge in [-0.05, 0) is 45.6 Å². The molecule has 0 aromatic rings. The first-order valence-corrected chi connectivity index (χ1v) is 6.91. The fourth-order valence-corrected chi connectivity index (χ4v) is 1.95. The summed E-state index contributed by atoms with van der Waals surface area (Å²) in [6, 6.07) is -0.648. The minimum atomic E-state index is -0.405. The Morgan fingerprint density at radius 2 is 2.00 bits per heavy atom. The number of amides is 3. The maximum atomic E-state index is 11.9. The molecular formula is C13H25N3O2. The van der Waals surface area contributed by atoms with Crippen LogP contribution in [0.2, 0.25) is 0 Å². The quantitative estimate of drug-likeness (QED) is 0.721. The molecule has 18 heavy (non-hydrogen) atoms. The van der Waals surface area contributed by atoms with Crippen molar-refractivity contribution in [3.05, 3.63) is 0 Å². The highest BCUT2D eigenvalue weighted by Crippen LogP contribution is 2.30. The number of nitrogens with zero attached hydrogens (tertiary/aromatic N) is 1. The second-order valence-electron chi connectivity index (χ2n) is 4.96. The Morgan fingerprint density at radius 3 is 2.50 bits per heavy atom. The SMILES string of the molecule is CCCN(CC1CC1)[C@@H](C)C(=O)NC(=O)NCC. The summed E-state index contributed by atoms with van der Waals surface area (Å²) >= 11 is 0. The number of nitrogens with one attached hydrogen (secondary N) is 2. The Bertz CT molecular complexity index is 290. The lowest BCUT2D eigenvalue weighted by molar-refractivity contribution is -0.124. The van der Waals surface area contributed by atoms with Gasteiger partial charge in [0.2, 0.25) is 5.91 Å². The molecule has 1 aliphatic carbocycles. The van der Waals surface area contributed by atoms with E-state index in [1.54, 1.807) is 0 Å². The molecule has 1 fully saturated rings. The van der Waals surface area contributed by atoms with Crippen LogP contribution in [0, 0.1) is 5.92 Å². The van der Waals surface area contributed by atoms with E-state index in [1.165, 1.54) is 12.8 Å². The topological polar surface area (TPSA) is 61.4 Å². The number of carbonyl (C=O) groups excluding carboxylic acids is 2. The van der Waals surface area contributed by atoms with Gasteiger partial charge in [0, 0.05) is 13.1 Å². The third kappa shape index (κ3) is 5.04. The molecule has 3 amide bonds. The van der Waals surface area contributed by atoms with Crippen LogP contribution >= 0.6 is 0 Å². The van der Waals surface area contributed by atoms with Crippen molar-refractivity contribution in [3.63, 3.8) is 0 Å². The predicted molar refractivity (Wildman–Crippen MR) is 71.3 cm³/mol. The van der Waals surface area contributed by atoms with Crippen molar-refractivity contribution in [2.45, 2.75) is 46.1 Å². The summed E-state index contributed by atoms with van der Waals surface area (Å²) in [6.45, 7) is 8.19. The summed E-state index contributed by atoms with van der Waals surface area (Å²) in [5.74, 6) is 0.534. The van der Waals surface area contributed by atoms with Gasteiger partial charge in [0.15, 0.2) is 0 Å². The van der Waals surface area contributed by atoms with E-state index in [0.29, 0.717) is 6.54 Å². The lowest BCUT2D eigenvalue weighted by Crippen LogP contribution is -2.50. The lowest BCUT2D eigenvalue weighted by atomic mass is 10.2. The van der Waals surface area contributed by atoms with E-state index in [9.17, 15) is 9.59 Å². The number of hydrogen-bond donors (Lipinski definition) is 2. The number of imide groups is 1. The molecule has 1 saturated carbocycles. The fourth-order valence-electron chi connectivity index (χ4n) is 1.95. The first kappa shape index (κ1) is 15.0. The van der Waals surface area contributed by atoms with Crippen LogP contribution < -0.4 is 10.6 Å². The van der Waals surface area contributed by atoms with Gasteiger partial charge < -0.3 is 5.32 Å². The van der Waals surface area contributed by atoms with Crippen LogP contribution in [0.1, 0.15) is 40.0 Å². The molecule has 1 aliphatic rings. The van der Waals surface area contributed by atoms with Crippen LogP contribution in [0.4, 0.5) is 4.79 Å². The maximum absolute atomic E-state index is 11.9. The highest BCUT2D eigenvalue weighted by molar-refractivity contribution is 5.96. The number of rotatable bonds is 7. The lowest BCUT2D eigenvalue weighted by Gasteiger charge is -2.27. The minimum Gasteiger partial charge on any atom is -0.338 e. The van der Waals surface area contributed by atoms with E-state index < -0.39 is 6.03 Å². The van der Waals surface area contributed by atoms with E-state index in [0.717, 1.165) is 25.4 Å². The third-order valence-corrected chi connectivity index (χ3v) is 3.20. The summed E-state index contributed by atoms with van der Waals surface area (Å²) in [4.78, 5) is 25.4. The van der Waals surface area contributed by atoms with Gasteiger partial charge in [0.05, 0.1) is 6.04 Å². The number of hydrogen-bond acceptors (Lipinski definition) is 3. The van der Waals surface area contributed by atoms with Gasteiger partial charge in [0.25, 0.3) is 0 Å². The highest BCUT2D eigenvalue weighted by atomic mass is 16.2. The summed E-state index contributed by atoms with van der Waals surface area (Å²) in [5, 5.41) is 4.95. The Hall–Kier alpha value is -1.10. The molecule has 0 aromatic carbocycles. The molecule has 0 aromatic heterocycles. The van der Waals surface area contributed by atoms with Gasteiger partial charge >= 0.3 is 6.03 Å². The van der Waals surface area contributed by atoms with E-state index >= 15 is 0 Å². The second kappa shape index (κ2) is 7.36. The van der Waals surface area contributed by atoms with Gasteiger partial charge in [-0.3, -0.25) is 15.0 Å². The van der Waals surface area contributed by atoms with Crippen molar-refractivity contribution in [2.24, 2.45) is 5.92 Å². The maximum Gasteiger partial charge on any atom is 0.321 e.